The van der Waals surface area contributed by atoms with Crippen molar-refractivity contribution in [2.24, 2.45) is 0 Å². The summed E-state index contributed by atoms with van der Waals surface area (Å²) in [6, 6.07) is 13.5. The molecule has 2 aromatic carbocycles. The van der Waals surface area contributed by atoms with Crippen LogP contribution in [0.5, 0.6) is 0 Å². The number of likely N-dealkylation sites (tertiary alicyclic amines) is 1. The highest BCUT2D eigenvalue weighted by Crippen LogP contribution is 2.44. The number of rotatable bonds is 6. The number of alkyl carbamates (subject to hydrolysis) is 1. The molecule has 1 aliphatic heterocycles. The molecule has 4 rings (SSSR count). The second-order valence-electron chi connectivity index (χ2n) is 8.16. The fraction of sp³-hybridized carbons (Fsp3) is 0.320. The van der Waals surface area contributed by atoms with Crippen molar-refractivity contribution in [3.63, 3.8) is 0 Å². The van der Waals surface area contributed by atoms with Crippen LogP contribution in [0.3, 0.4) is 0 Å². The fourth-order valence-electron chi connectivity index (χ4n) is 4.59. The number of carboxylic acids is 1. The van der Waals surface area contributed by atoms with Gasteiger partial charge in [0.1, 0.15) is 18.7 Å². The Morgan fingerprint density at radius 3 is 2.30 bits per heavy atom. The average Bonchev–Trinajstić information content (AvgIpc) is 3.35. The molecule has 3 N–H and O–H groups in total. The molecule has 2 unspecified atom stereocenters. The van der Waals surface area contributed by atoms with Crippen LogP contribution in [0.1, 0.15) is 29.9 Å². The van der Waals surface area contributed by atoms with Crippen LogP contribution in [0.15, 0.2) is 48.5 Å². The van der Waals surface area contributed by atoms with Gasteiger partial charge in [0, 0.05) is 25.3 Å². The number of aliphatic hydroxyl groups is 1. The number of aliphatic carboxylic acids is 1. The zero-order valence-electron chi connectivity index (χ0n) is 17.8. The molecule has 0 bridgehead atoms. The second-order valence-corrected chi connectivity index (χ2v) is 8.16. The molecule has 2 aromatic rings. The minimum Gasteiger partial charge on any atom is -0.480 e. The molecular formula is C25H24N2O6. The Hall–Kier alpha value is -3.83. The van der Waals surface area contributed by atoms with Gasteiger partial charge >= 0.3 is 12.1 Å². The van der Waals surface area contributed by atoms with Crippen LogP contribution in [0.4, 0.5) is 4.79 Å². The molecule has 0 radical (unpaired) electrons. The Labute approximate surface area is 191 Å². The SMILES string of the molecule is C#CCC(NC(=O)OCC1c2ccccc2-c2ccccc21)C(=O)N1CC(O)C[C@H]1C(=O)O. The first kappa shape index (κ1) is 22.4. The third-order valence-corrected chi connectivity index (χ3v) is 6.10. The van der Waals surface area contributed by atoms with Gasteiger partial charge in [0.05, 0.1) is 6.10 Å². The van der Waals surface area contributed by atoms with Crippen molar-refractivity contribution in [1.82, 2.24) is 10.2 Å². The third kappa shape index (κ3) is 4.41. The van der Waals surface area contributed by atoms with E-state index in [0.29, 0.717) is 0 Å². The normalized spacial score (nSPS) is 19.8. The molecule has 3 atom stereocenters. The van der Waals surface area contributed by atoms with Crippen molar-refractivity contribution >= 4 is 18.0 Å². The molecule has 8 heteroatoms. The number of carboxylic acid groups (broad SMARTS) is 1. The molecular weight excluding hydrogens is 424 g/mol. The highest BCUT2D eigenvalue weighted by molar-refractivity contribution is 5.90. The minimum atomic E-state index is -1.22. The van der Waals surface area contributed by atoms with Gasteiger partial charge in [0.25, 0.3) is 0 Å². The summed E-state index contributed by atoms with van der Waals surface area (Å²) in [5.41, 5.74) is 4.29. The van der Waals surface area contributed by atoms with E-state index in [4.69, 9.17) is 11.2 Å². The molecule has 1 saturated heterocycles. The zero-order chi connectivity index (χ0) is 23.5. The van der Waals surface area contributed by atoms with E-state index >= 15 is 0 Å². The van der Waals surface area contributed by atoms with E-state index in [2.05, 4.69) is 11.2 Å². The van der Waals surface area contributed by atoms with Crippen LogP contribution in [0.2, 0.25) is 0 Å². The molecule has 170 valence electrons. The van der Waals surface area contributed by atoms with Gasteiger partial charge in [0.2, 0.25) is 5.91 Å². The van der Waals surface area contributed by atoms with E-state index in [9.17, 15) is 24.6 Å². The molecule has 1 heterocycles. The summed E-state index contributed by atoms with van der Waals surface area (Å²) < 4.78 is 5.47. The van der Waals surface area contributed by atoms with Crippen LogP contribution in [-0.2, 0) is 14.3 Å². The maximum absolute atomic E-state index is 12.9. The van der Waals surface area contributed by atoms with Crippen LogP contribution in [-0.4, -0.2) is 64.4 Å². The maximum atomic E-state index is 12.9. The molecule has 33 heavy (non-hydrogen) atoms. The Morgan fingerprint density at radius 1 is 1.12 bits per heavy atom. The molecule has 0 spiro atoms. The number of nitrogens with zero attached hydrogens (tertiary/aromatic N) is 1. The first-order valence-electron chi connectivity index (χ1n) is 10.7. The van der Waals surface area contributed by atoms with Crippen LogP contribution >= 0.6 is 0 Å². The second kappa shape index (κ2) is 9.35. The average molecular weight is 448 g/mol. The number of hydrogen-bond donors (Lipinski definition) is 3. The van der Waals surface area contributed by atoms with E-state index < -0.39 is 36.2 Å². The monoisotopic (exact) mass is 448 g/mol. The number of ether oxygens (including phenoxy) is 1. The van der Waals surface area contributed by atoms with E-state index in [1.54, 1.807) is 0 Å². The Balaban J connectivity index is 1.44. The molecule has 1 aliphatic carbocycles. The van der Waals surface area contributed by atoms with Gasteiger partial charge in [-0.25, -0.2) is 9.59 Å². The van der Waals surface area contributed by atoms with Gasteiger partial charge in [-0.3, -0.25) is 4.79 Å². The highest BCUT2D eigenvalue weighted by Gasteiger charge is 2.41. The van der Waals surface area contributed by atoms with Crippen LogP contribution in [0, 0.1) is 12.3 Å². The molecule has 0 saturated carbocycles. The number of hydrogen-bond acceptors (Lipinski definition) is 5. The Bertz CT molecular complexity index is 1080. The fourth-order valence-corrected chi connectivity index (χ4v) is 4.59. The van der Waals surface area contributed by atoms with E-state index in [1.807, 2.05) is 48.5 Å². The number of benzene rings is 2. The predicted molar refractivity (Wildman–Crippen MR) is 119 cm³/mol. The van der Waals surface area contributed by atoms with Gasteiger partial charge in [-0.15, -0.1) is 12.3 Å². The van der Waals surface area contributed by atoms with Crippen molar-refractivity contribution < 1.29 is 29.3 Å². The maximum Gasteiger partial charge on any atom is 0.407 e. The first-order valence-corrected chi connectivity index (χ1v) is 10.7. The number of aliphatic hydroxyl groups excluding tert-OH is 1. The summed E-state index contributed by atoms with van der Waals surface area (Å²) in [5.74, 6) is 0.301. The minimum absolute atomic E-state index is 0.0665. The van der Waals surface area contributed by atoms with Gasteiger partial charge in [-0.2, -0.15) is 0 Å². The topological polar surface area (TPSA) is 116 Å². The van der Waals surface area contributed by atoms with Crippen LogP contribution < -0.4 is 5.32 Å². The van der Waals surface area contributed by atoms with Crippen molar-refractivity contribution in [2.75, 3.05) is 13.2 Å². The van der Waals surface area contributed by atoms with Crippen molar-refractivity contribution in [3.05, 3.63) is 59.7 Å². The molecule has 0 aromatic heterocycles. The summed E-state index contributed by atoms with van der Waals surface area (Å²) in [7, 11) is 0. The summed E-state index contributed by atoms with van der Waals surface area (Å²) in [6.45, 7) is -0.0692. The molecule has 2 aliphatic rings. The number of carbonyl (C=O) groups excluding carboxylic acids is 2. The molecule has 1 fully saturated rings. The highest BCUT2D eigenvalue weighted by atomic mass is 16.5. The van der Waals surface area contributed by atoms with Gasteiger partial charge in [-0.05, 0) is 22.3 Å². The van der Waals surface area contributed by atoms with E-state index in [0.717, 1.165) is 27.2 Å². The number of fused-ring (bicyclic) bond motifs is 3. The lowest BCUT2D eigenvalue weighted by Gasteiger charge is -2.26. The Morgan fingerprint density at radius 2 is 1.73 bits per heavy atom. The molecule has 2 amide bonds. The molecule has 8 nitrogen and oxygen atoms in total. The van der Waals surface area contributed by atoms with Crippen molar-refractivity contribution in [2.45, 2.75) is 36.9 Å². The number of β-amino-alcohol motifs (C(OH)–C–C–N with tert-alkyl or cyclic N) is 1. The zero-order valence-corrected chi connectivity index (χ0v) is 17.8. The number of amides is 2. The Kier molecular flexibility index (Phi) is 6.33. The van der Waals surface area contributed by atoms with Gasteiger partial charge < -0.3 is 25.2 Å². The lowest BCUT2D eigenvalue weighted by Crippen LogP contribution is -2.51. The predicted octanol–water partition coefficient (Wildman–Crippen LogP) is 1.96. The van der Waals surface area contributed by atoms with E-state index in [1.165, 1.54) is 0 Å². The van der Waals surface area contributed by atoms with Gasteiger partial charge in [0.15, 0.2) is 0 Å². The number of carbonyl (C=O) groups is 3. The third-order valence-electron chi connectivity index (χ3n) is 6.10. The van der Waals surface area contributed by atoms with Crippen molar-refractivity contribution in [3.8, 4) is 23.5 Å². The summed E-state index contributed by atoms with van der Waals surface area (Å²) >= 11 is 0. The van der Waals surface area contributed by atoms with Gasteiger partial charge in [-0.1, -0.05) is 48.5 Å². The summed E-state index contributed by atoms with van der Waals surface area (Å²) in [6.07, 6.45) is 3.38. The number of terminal acetylenes is 1. The first-order chi connectivity index (χ1) is 15.9. The lowest BCUT2D eigenvalue weighted by molar-refractivity contribution is -0.148. The largest absolute Gasteiger partial charge is 0.480 e. The lowest BCUT2D eigenvalue weighted by atomic mass is 9.98. The quantitative estimate of drug-likeness (QED) is 0.582. The van der Waals surface area contributed by atoms with E-state index in [-0.39, 0.29) is 31.9 Å². The number of nitrogens with one attached hydrogen (secondary N) is 1. The van der Waals surface area contributed by atoms with Crippen molar-refractivity contribution in [1.29, 1.82) is 0 Å². The summed E-state index contributed by atoms with van der Waals surface area (Å²) in [5, 5.41) is 21.6. The standard InChI is InChI=1S/C25H24N2O6/c1-2-7-21(23(29)27-13-15(28)12-22(27)24(30)31)26-25(32)33-14-20-18-10-5-3-8-16(18)17-9-4-6-11-19(17)20/h1,3-6,8-11,15,20-22,28H,7,12-14H2,(H,26,32)(H,30,31)/t15?,21?,22-/m0/s1. The smallest absolute Gasteiger partial charge is 0.407 e. The summed E-state index contributed by atoms with van der Waals surface area (Å²) in [4.78, 5) is 38.0. The van der Waals surface area contributed by atoms with Crippen LogP contribution in [0.25, 0.3) is 11.1 Å².